The number of aliphatic carboxylic acids is 1. The highest BCUT2D eigenvalue weighted by atomic mass is 16.5. The van der Waals surface area contributed by atoms with Crippen LogP contribution in [0.1, 0.15) is 26.2 Å². The van der Waals surface area contributed by atoms with Crippen LogP contribution in [0, 0.1) is 0 Å². The number of carboxylic acids is 1. The van der Waals surface area contributed by atoms with Crippen LogP contribution < -0.4 is 5.32 Å². The van der Waals surface area contributed by atoms with Crippen molar-refractivity contribution in [1.29, 1.82) is 0 Å². The van der Waals surface area contributed by atoms with E-state index in [-0.39, 0.29) is 18.6 Å². The summed E-state index contributed by atoms with van der Waals surface area (Å²) in [6.07, 6.45) is 3.18. The summed E-state index contributed by atoms with van der Waals surface area (Å²) in [7, 11) is 0. The molecule has 17 heavy (non-hydrogen) atoms. The Morgan fingerprint density at radius 3 is 2.82 bits per heavy atom. The molecule has 1 saturated heterocycles. The number of carbonyl (C=O) groups excluding carboxylic acids is 1. The fourth-order valence-corrected chi connectivity index (χ4v) is 1.68. The molecule has 0 aromatic rings. The third kappa shape index (κ3) is 5.65. The second-order valence-electron chi connectivity index (χ2n) is 4.12. The molecule has 1 amide bonds. The number of hydrogen-bond donors (Lipinski definition) is 2. The average molecular weight is 245 g/mol. The van der Waals surface area contributed by atoms with Crippen molar-refractivity contribution in [1.82, 2.24) is 5.32 Å². The molecule has 0 bridgehead atoms. The van der Waals surface area contributed by atoms with Gasteiger partial charge in [-0.2, -0.15) is 0 Å². The lowest BCUT2D eigenvalue weighted by atomic mass is 10.1. The number of nitrogens with one attached hydrogen (secondary N) is 1. The molecular weight excluding hydrogens is 226 g/mol. The van der Waals surface area contributed by atoms with Gasteiger partial charge in [-0.05, 0) is 19.3 Å². The van der Waals surface area contributed by atoms with E-state index < -0.39 is 12.0 Å². The number of amides is 1. The molecule has 0 spiro atoms. The van der Waals surface area contributed by atoms with E-state index in [9.17, 15) is 9.59 Å². The normalized spacial score (nSPS) is 21.8. The molecule has 0 aliphatic carbocycles. The summed E-state index contributed by atoms with van der Waals surface area (Å²) < 4.78 is 10.7. The summed E-state index contributed by atoms with van der Waals surface area (Å²) in [5.41, 5.74) is 0. The zero-order valence-corrected chi connectivity index (χ0v) is 9.98. The van der Waals surface area contributed by atoms with Crippen molar-refractivity contribution in [2.45, 2.75) is 38.3 Å². The van der Waals surface area contributed by atoms with Gasteiger partial charge in [-0.1, -0.05) is 0 Å². The molecule has 1 aliphatic heterocycles. The highest BCUT2D eigenvalue weighted by molar-refractivity contribution is 5.82. The Morgan fingerprint density at radius 1 is 1.53 bits per heavy atom. The van der Waals surface area contributed by atoms with E-state index in [1.807, 2.05) is 0 Å². The molecule has 2 N–H and O–H groups in total. The largest absolute Gasteiger partial charge is 0.480 e. The van der Waals surface area contributed by atoms with Crippen molar-refractivity contribution < 1.29 is 24.2 Å². The van der Waals surface area contributed by atoms with Gasteiger partial charge >= 0.3 is 5.97 Å². The van der Waals surface area contributed by atoms with Crippen molar-refractivity contribution in [3.8, 4) is 0 Å². The molecule has 0 radical (unpaired) electrons. The molecule has 1 fully saturated rings. The molecule has 0 saturated carbocycles. The van der Waals surface area contributed by atoms with E-state index in [0.717, 1.165) is 25.9 Å². The molecule has 2 atom stereocenters. The lowest BCUT2D eigenvalue weighted by molar-refractivity contribution is -0.144. The van der Waals surface area contributed by atoms with Gasteiger partial charge in [-0.25, -0.2) is 4.79 Å². The van der Waals surface area contributed by atoms with Gasteiger partial charge in [0, 0.05) is 13.5 Å². The van der Waals surface area contributed by atoms with Crippen LogP contribution in [0.25, 0.3) is 0 Å². The first-order valence-corrected chi connectivity index (χ1v) is 5.79. The summed E-state index contributed by atoms with van der Waals surface area (Å²) >= 11 is 0. The van der Waals surface area contributed by atoms with E-state index in [1.54, 1.807) is 0 Å². The molecule has 1 heterocycles. The number of carboxylic acid groups (broad SMARTS) is 1. The van der Waals surface area contributed by atoms with Gasteiger partial charge in [0.2, 0.25) is 5.91 Å². The van der Waals surface area contributed by atoms with Gasteiger partial charge in [0.25, 0.3) is 0 Å². The summed E-state index contributed by atoms with van der Waals surface area (Å²) in [5.74, 6) is -1.47. The van der Waals surface area contributed by atoms with E-state index >= 15 is 0 Å². The summed E-state index contributed by atoms with van der Waals surface area (Å²) in [6, 6.07) is -0.990. The predicted molar refractivity (Wildman–Crippen MR) is 59.7 cm³/mol. The van der Waals surface area contributed by atoms with Gasteiger partial charge in [-0.3, -0.25) is 4.79 Å². The van der Waals surface area contributed by atoms with Crippen LogP contribution in [0.3, 0.4) is 0 Å². The van der Waals surface area contributed by atoms with Crippen LogP contribution in [0.4, 0.5) is 0 Å². The summed E-state index contributed by atoms with van der Waals surface area (Å²) in [6.45, 7) is 2.36. The van der Waals surface area contributed by atoms with Crippen LogP contribution in [0.2, 0.25) is 0 Å². The number of ether oxygens (including phenoxy) is 2. The summed E-state index contributed by atoms with van der Waals surface area (Å²) in [5, 5.41) is 11.1. The van der Waals surface area contributed by atoms with Crippen molar-refractivity contribution >= 4 is 11.9 Å². The molecule has 6 heteroatoms. The SMILES string of the molecule is CC(=O)NC(COCC1CCCCO1)C(=O)O. The Balaban J connectivity index is 2.21. The third-order valence-electron chi connectivity index (χ3n) is 2.54. The third-order valence-corrected chi connectivity index (χ3v) is 2.54. The van der Waals surface area contributed by atoms with Gasteiger partial charge in [0.15, 0.2) is 6.04 Å². The fraction of sp³-hybridized carbons (Fsp3) is 0.818. The van der Waals surface area contributed by atoms with Crippen LogP contribution in [-0.2, 0) is 19.1 Å². The minimum absolute atomic E-state index is 0.0330. The maximum atomic E-state index is 10.8. The first-order chi connectivity index (χ1) is 8.09. The number of rotatable bonds is 6. The van der Waals surface area contributed by atoms with E-state index in [2.05, 4.69) is 5.32 Å². The zero-order valence-electron chi connectivity index (χ0n) is 9.98. The second-order valence-corrected chi connectivity index (χ2v) is 4.12. The lowest BCUT2D eigenvalue weighted by Crippen LogP contribution is -2.43. The minimum Gasteiger partial charge on any atom is -0.480 e. The van der Waals surface area contributed by atoms with E-state index in [1.165, 1.54) is 6.92 Å². The quantitative estimate of drug-likeness (QED) is 0.696. The standard InChI is InChI=1S/C11H19NO5/c1-8(13)12-10(11(14)15)7-16-6-9-4-2-3-5-17-9/h9-10H,2-7H2,1H3,(H,12,13)(H,14,15). The molecule has 1 rings (SSSR count). The van der Waals surface area contributed by atoms with Crippen LogP contribution in [0.15, 0.2) is 0 Å². The van der Waals surface area contributed by atoms with Crippen molar-refractivity contribution in [3.63, 3.8) is 0 Å². The first-order valence-electron chi connectivity index (χ1n) is 5.79. The number of hydrogen-bond acceptors (Lipinski definition) is 4. The Labute approximate surface area is 100 Å². The van der Waals surface area contributed by atoms with Crippen molar-refractivity contribution in [2.24, 2.45) is 0 Å². The smallest absolute Gasteiger partial charge is 0.328 e. The molecule has 6 nitrogen and oxygen atoms in total. The van der Waals surface area contributed by atoms with Gasteiger partial charge in [0.1, 0.15) is 0 Å². The van der Waals surface area contributed by atoms with Crippen LogP contribution in [-0.4, -0.2) is 48.9 Å². The lowest BCUT2D eigenvalue weighted by Gasteiger charge is -2.23. The van der Waals surface area contributed by atoms with E-state index in [4.69, 9.17) is 14.6 Å². The molecule has 2 unspecified atom stereocenters. The van der Waals surface area contributed by atoms with Crippen molar-refractivity contribution in [2.75, 3.05) is 19.8 Å². The highest BCUT2D eigenvalue weighted by Gasteiger charge is 2.20. The molecular formula is C11H19NO5. The topological polar surface area (TPSA) is 84.9 Å². The zero-order chi connectivity index (χ0) is 12.7. The summed E-state index contributed by atoms with van der Waals surface area (Å²) in [4.78, 5) is 21.6. The predicted octanol–water partition coefficient (Wildman–Crippen LogP) is 0.161. The average Bonchev–Trinajstić information content (AvgIpc) is 2.28. The maximum absolute atomic E-state index is 10.8. The van der Waals surface area contributed by atoms with Gasteiger partial charge < -0.3 is 19.9 Å². The maximum Gasteiger partial charge on any atom is 0.328 e. The van der Waals surface area contributed by atoms with Crippen LogP contribution >= 0.6 is 0 Å². The monoisotopic (exact) mass is 245 g/mol. The second kappa shape index (κ2) is 7.24. The first kappa shape index (κ1) is 13.9. The highest BCUT2D eigenvalue weighted by Crippen LogP contribution is 2.12. The molecule has 1 aliphatic rings. The molecule has 0 aromatic carbocycles. The Bertz CT molecular complexity index is 263. The Morgan fingerprint density at radius 2 is 2.29 bits per heavy atom. The Kier molecular flexibility index (Phi) is 5.93. The van der Waals surface area contributed by atoms with Crippen molar-refractivity contribution in [3.05, 3.63) is 0 Å². The molecule has 0 aromatic heterocycles. The van der Waals surface area contributed by atoms with Crippen LogP contribution in [0.5, 0.6) is 0 Å². The van der Waals surface area contributed by atoms with Gasteiger partial charge in [0.05, 0.1) is 19.3 Å². The number of carbonyl (C=O) groups is 2. The van der Waals surface area contributed by atoms with E-state index in [0.29, 0.717) is 6.61 Å². The minimum atomic E-state index is -1.09. The van der Waals surface area contributed by atoms with Gasteiger partial charge in [-0.15, -0.1) is 0 Å². The molecule has 98 valence electrons. The Hall–Kier alpha value is -1.14. The fourth-order valence-electron chi connectivity index (χ4n) is 1.68.